The number of halogens is 1. The molecule has 2 aliphatic heterocycles. The van der Waals surface area contributed by atoms with E-state index >= 15 is 0 Å². The Balaban J connectivity index is 1.75. The van der Waals surface area contributed by atoms with Crippen LogP contribution in [-0.4, -0.2) is 59.5 Å². The van der Waals surface area contributed by atoms with Crippen molar-refractivity contribution in [2.24, 2.45) is 0 Å². The Morgan fingerprint density at radius 2 is 1.81 bits per heavy atom. The van der Waals surface area contributed by atoms with Crippen LogP contribution in [0.4, 0.5) is 4.79 Å². The maximum Gasteiger partial charge on any atom is 0.325 e. The molecule has 7 nitrogen and oxygen atoms in total. The van der Waals surface area contributed by atoms with Gasteiger partial charge in [0.05, 0.1) is 12.2 Å². The summed E-state index contributed by atoms with van der Waals surface area (Å²) in [5.74, 6) is -0.719. The standard InChI is InChI=1S/C18H22ClN3O4/c1-11-8-21(9-12(2)26-11)15(23)10-22-16(24)18(3,20-17(22)25)13-4-6-14(19)7-5-13/h4-7,11-12H,8-10H2,1-3H3,(H,20,25)/t11-,12+,18-/m1/s1. The van der Waals surface area contributed by atoms with Gasteiger partial charge in [-0.25, -0.2) is 4.79 Å². The van der Waals surface area contributed by atoms with E-state index in [9.17, 15) is 14.4 Å². The number of hydrogen-bond acceptors (Lipinski definition) is 4. The molecule has 140 valence electrons. The molecule has 3 rings (SSSR count). The Morgan fingerprint density at radius 1 is 1.23 bits per heavy atom. The predicted molar refractivity (Wildman–Crippen MR) is 95.6 cm³/mol. The minimum absolute atomic E-state index is 0.0786. The first-order chi connectivity index (χ1) is 12.2. The number of benzene rings is 1. The van der Waals surface area contributed by atoms with Crippen LogP contribution in [0.1, 0.15) is 26.3 Å². The number of rotatable bonds is 3. The second-order valence-electron chi connectivity index (χ2n) is 7.01. The summed E-state index contributed by atoms with van der Waals surface area (Å²) in [5.41, 5.74) is -0.600. The largest absolute Gasteiger partial charge is 0.372 e. The van der Waals surface area contributed by atoms with E-state index in [0.29, 0.717) is 23.7 Å². The van der Waals surface area contributed by atoms with Crippen molar-refractivity contribution in [2.45, 2.75) is 38.5 Å². The fourth-order valence-electron chi connectivity index (χ4n) is 3.44. The van der Waals surface area contributed by atoms with Crippen LogP contribution in [0, 0.1) is 0 Å². The normalized spacial score (nSPS) is 29.1. The van der Waals surface area contributed by atoms with Gasteiger partial charge in [-0.05, 0) is 38.5 Å². The number of carbonyl (C=O) groups excluding carboxylic acids is 3. The zero-order valence-corrected chi connectivity index (χ0v) is 15.7. The number of hydrogen-bond donors (Lipinski definition) is 1. The molecule has 0 aliphatic carbocycles. The van der Waals surface area contributed by atoms with Crippen LogP contribution in [-0.2, 0) is 19.9 Å². The summed E-state index contributed by atoms with van der Waals surface area (Å²) < 4.78 is 5.61. The Kier molecular flexibility index (Phi) is 4.94. The first-order valence-corrected chi connectivity index (χ1v) is 8.92. The fourth-order valence-corrected chi connectivity index (χ4v) is 3.56. The van der Waals surface area contributed by atoms with Crippen LogP contribution < -0.4 is 5.32 Å². The molecule has 0 radical (unpaired) electrons. The molecule has 1 aromatic carbocycles. The van der Waals surface area contributed by atoms with Crippen molar-refractivity contribution >= 4 is 29.4 Å². The molecule has 1 N–H and O–H groups in total. The number of urea groups is 1. The maximum atomic E-state index is 12.9. The molecule has 3 atom stereocenters. The molecule has 1 aromatic rings. The summed E-state index contributed by atoms with van der Waals surface area (Å²) in [6, 6.07) is 6.13. The van der Waals surface area contributed by atoms with Crippen LogP contribution in [0.15, 0.2) is 24.3 Å². The van der Waals surface area contributed by atoms with Crippen LogP contribution in [0.3, 0.4) is 0 Å². The van der Waals surface area contributed by atoms with E-state index in [2.05, 4.69) is 5.32 Å². The highest BCUT2D eigenvalue weighted by Crippen LogP contribution is 2.29. The average Bonchev–Trinajstić information content (AvgIpc) is 2.78. The van der Waals surface area contributed by atoms with E-state index in [1.165, 1.54) is 0 Å². The van der Waals surface area contributed by atoms with Gasteiger partial charge in [-0.15, -0.1) is 0 Å². The highest BCUT2D eigenvalue weighted by Gasteiger charge is 2.49. The quantitative estimate of drug-likeness (QED) is 0.811. The SMILES string of the molecule is C[C@@H]1CN(C(=O)CN2C(=O)N[C@](C)(c3ccc(Cl)cc3)C2=O)C[C@H](C)O1. The number of carbonyl (C=O) groups is 3. The average molecular weight is 380 g/mol. The smallest absolute Gasteiger partial charge is 0.325 e. The van der Waals surface area contributed by atoms with Crippen molar-refractivity contribution < 1.29 is 19.1 Å². The topological polar surface area (TPSA) is 79.0 Å². The number of morpholine rings is 1. The van der Waals surface area contributed by atoms with Gasteiger partial charge in [0.15, 0.2) is 0 Å². The minimum Gasteiger partial charge on any atom is -0.372 e. The van der Waals surface area contributed by atoms with Crippen molar-refractivity contribution in [3.8, 4) is 0 Å². The van der Waals surface area contributed by atoms with Crippen molar-refractivity contribution in [3.63, 3.8) is 0 Å². The summed E-state index contributed by atoms with van der Waals surface area (Å²) >= 11 is 5.89. The van der Waals surface area contributed by atoms with Gasteiger partial charge in [-0.1, -0.05) is 23.7 Å². The third-order valence-electron chi connectivity index (χ3n) is 4.76. The number of nitrogens with zero attached hydrogens (tertiary/aromatic N) is 2. The zero-order chi connectivity index (χ0) is 19.1. The number of nitrogens with one attached hydrogen (secondary N) is 1. The molecule has 2 aliphatic rings. The molecule has 0 unspecified atom stereocenters. The van der Waals surface area contributed by atoms with Gasteiger partial charge in [-0.2, -0.15) is 0 Å². The van der Waals surface area contributed by atoms with E-state index in [-0.39, 0.29) is 24.7 Å². The summed E-state index contributed by atoms with van der Waals surface area (Å²) in [6.45, 7) is 6.01. The first-order valence-electron chi connectivity index (χ1n) is 8.54. The van der Waals surface area contributed by atoms with Gasteiger partial charge in [0.1, 0.15) is 12.1 Å². The van der Waals surface area contributed by atoms with E-state index < -0.39 is 17.5 Å². The lowest BCUT2D eigenvalue weighted by Crippen LogP contribution is -2.52. The van der Waals surface area contributed by atoms with Crippen LogP contribution >= 0.6 is 11.6 Å². The second-order valence-corrected chi connectivity index (χ2v) is 7.45. The lowest BCUT2D eigenvalue weighted by Gasteiger charge is -2.35. The summed E-state index contributed by atoms with van der Waals surface area (Å²) in [7, 11) is 0. The van der Waals surface area contributed by atoms with Gasteiger partial charge in [-0.3, -0.25) is 14.5 Å². The van der Waals surface area contributed by atoms with E-state index in [1.807, 2.05) is 13.8 Å². The lowest BCUT2D eigenvalue weighted by molar-refractivity contribution is -0.146. The third kappa shape index (κ3) is 3.41. The highest BCUT2D eigenvalue weighted by atomic mass is 35.5. The lowest BCUT2D eigenvalue weighted by atomic mass is 9.92. The molecule has 8 heteroatoms. The Bertz CT molecular complexity index is 728. The number of amides is 4. The molecule has 0 bridgehead atoms. The molecule has 0 aromatic heterocycles. The zero-order valence-electron chi connectivity index (χ0n) is 15.0. The minimum atomic E-state index is -1.21. The van der Waals surface area contributed by atoms with Gasteiger partial charge < -0.3 is 15.0 Å². The van der Waals surface area contributed by atoms with Gasteiger partial charge in [0.2, 0.25) is 5.91 Å². The number of ether oxygens (including phenoxy) is 1. The maximum absolute atomic E-state index is 12.9. The number of imide groups is 1. The molecule has 2 heterocycles. The van der Waals surface area contributed by atoms with Gasteiger partial charge >= 0.3 is 6.03 Å². The van der Waals surface area contributed by atoms with Crippen LogP contribution in [0.5, 0.6) is 0 Å². The van der Waals surface area contributed by atoms with Crippen LogP contribution in [0.2, 0.25) is 5.02 Å². The molecule has 0 saturated carbocycles. The second kappa shape index (κ2) is 6.89. The van der Waals surface area contributed by atoms with Crippen LogP contribution in [0.25, 0.3) is 0 Å². The van der Waals surface area contributed by atoms with Gasteiger partial charge in [0, 0.05) is 18.1 Å². The first kappa shape index (κ1) is 18.7. The highest BCUT2D eigenvalue weighted by molar-refractivity contribution is 6.30. The van der Waals surface area contributed by atoms with E-state index in [4.69, 9.17) is 16.3 Å². The molecule has 2 saturated heterocycles. The van der Waals surface area contributed by atoms with E-state index in [0.717, 1.165) is 4.90 Å². The molecular formula is C18H22ClN3O4. The predicted octanol–water partition coefficient (Wildman–Crippen LogP) is 1.74. The Hall–Kier alpha value is -2.12. The van der Waals surface area contributed by atoms with Gasteiger partial charge in [0.25, 0.3) is 5.91 Å². The van der Waals surface area contributed by atoms with Crippen molar-refractivity contribution in [1.82, 2.24) is 15.1 Å². The Labute approximate surface area is 157 Å². The summed E-state index contributed by atoms with van der Waals surface area (Å²) in [4.78, 5) is 40.5. The molecular weight excluding hydrogens is 358 g/mol. The third-order valence-corrected chi connectivity index (χ3v) is 5.01. The monoisotopic (exact) mass is 379 g/mol. The molecule has 2 fully saturated rings. The van der Waals surface area contributed by atoms with E-state index in [1.54, 1.807) is 36.1 Å². The van der Waals surface area contributed by atoms with Crippen molar-refractivity contribution in [2.75, 3.05) is 19.6 Å². The molecule has 4 amide bonds. The summed E-state index contributed by atoms with van der Waals surface area (Å²) in [6.07, 6.45) is -0.157. The fraction of sp³-hybridized carbons (Fsp3) is 0.500. The molecule has 0 spiro atoms. The van der Waals surface area contributed by atoms with Crippen molar-refractivity contribution in [3.05, 3.63) is 34.9 Å². The summed E-state index contributed by atoms with van der Waals surface area (Å²) in [5, 5.41) is 3.23. The van der Waals surface area contributed by atoms with Crippen molar-refractivity contribution in [1.29, 1.82) is 0 Å². The Morgan fingerprint density at radius 3 is 2.38 bits per heavy atom. The molecule has 26 heavy (non-hydrogen) atoms.